The van der Waals surface area contributed by atoms with Gasteiger partial charge in [-0.2, -0.15) is 0 Å². The van der Waals surface area contributed by atoms with Crippen molar-refractivity contribution in [1.29, 1.82) is 0 Å². The predicted molar refractivity (Wildman–Crippen MR) is 73.0 cm³/mol. The molecule has 1 aromatic carbocycles. The molecular weight excluding hydrogens is 226 g/mol. The van der Waals surface area contributed by atoms with Gasteiger partial charge in [-0.25, -0.2) is 0 Å². The van der Waals surface area contributed by atoms with E-state index in [1.165, 1.54) is 0 Å². The van der Waals surface area contributed by atoms with Crippen LogP contribution < -0.4 is 15.2 Å². The van der Waals surface area contributed by atoms with E-state index in [1.54, 1.807) is 0 Å². The van der Waals surface area contributed by atoms with Gasteiger partial charge in [0.2, 0.25) is 0 Å². The first-order valence-electron chi connectivity index (χ1n) is 6.61. The minimum atomic E-state index is 0.0695. The Morgan fingerprint density at radius 3 is 2.50 bits per heavy atom. The minimum absolute atomic E-state index is 0.0695. The molecular formula is C15H23NO2. The molecule has 1 atom stereocenters. The van der Waals surface area contributed by atoms with Crippen molar-refractivity contribution in [2.45, 2.75) is 39.7 Å². The van der Waals surface area contributed by atoms with Crippen LogP contribution in [-0.4, -0.2) is 13.2 Å². The topological polar surface area (TPSA) is 44.5 Å². The summed E-state index contributed by atoms with van der Waals surface area (Å²) in [5.74, 6) is 1.65. The van der Waals surface area contributed by atoms with E-state index in [0.29, 0.717) is 18.6 Å². The third-order valence-corrected chi connectivity index (χ3v) is 3.20. The van der Waals surface area contributed by atoms with E-state index in [4.69, 9.17) is 15.2 Å². The van der Waals surface area contributed by atoms with Gasteiger partial charge in [0.1, 0.15) is 13.2 Å². The molecule has 3 nitrogen and oxygen atoms in total. The van der Waals surface area contributed by atoms with E-state index in [-0.39, 0.29) is 6.04 Å². The number of hydrogen-bond acceptors (Lipinski definition) is 3. The highest BCUT2D eigenvalue weighted by atomic mass is 16.6. The number of hydrogen-bond donors (Lipinski definition) is 1. The lowest BCUT2D eigenvalue weighted by atomic mass is 9.87. The van der Waals surface area contributed by atoms with Crippen LogP contribution in [0.25, 0.3) is 0 Å². The molecule has 1 unspecified atom stereocenters. The van der Waals surface area contributed by atoms with Crippen molar-refractivity contribution >= 4 is 0 Å². The third kappa shape index (κ3) is 3.39. The lowest BCUT2D eigenvalue weighted by Crippen LogP contribution is -2.17. The summed E-state index contributed by atoms with van der Waals surface area (Å²) in [4.78, 5) is 0. The Labute approximate surface area is 109 Å². The summed E-state index contributed by atoms with van der Waals surface area (Å²) in [5.41, 5.74) is 7.69. The maximum absolute atomic E-state index is 6.24. The number of ether oxygens (including phenoxy) is 2. The number of rotatable bonds is 3. The first kappa shape index (κ1) is 13.2. The van der Waals surface area contributed by atoms with Crippen LogP contribution in [0, 0.1) is 5.41 Å². The van der Waals surface area contributed by atoms with Gasteiger partial charge in [-0.3, -0.25) is 0 Å². The Bertz CT molecular complexity index is 409. The molecule has 0 aromatic heterocycles. The molecule has 0 saturated heterocycles. The molecule has 2 N–H and O–H groups in total. The van der Waals surface area contributed by atoms with Gasteiger partial charge in [0.15, 0.2) is 11.5 Å². The van der Waals surface area contributed by atoms with Gasteiger partial charge in [0, 0.05) is 6.04 Å². The predicted octanol–water partition coefficient (Wildman–Crippen LogP) is 3.28. The lowest BCUT2D eigenvalue weighted by Gasteiger charge is -2.23. The van der Waals surface area contributed by atoms with Gasteiger partial charge in [-0.15, -0.1) is 0 Å². The second-order valence-electron chi connectivity index (χ2n) is 6.11. The van der Waals surface area contributed by atoms with Crippen LogP contribution in [0.5, 0.6) is 11.5 Å². The highest BCUT2D eigenvalue weighted by Gasteiger charge is 2.17. The van der Waals surface area contributed by atoms with Gasteiger partial charge in [-0.1, -0.05) is 26.8 Å². The quantitative estimate of drug-likeness (QED) is 0.894. The summed E-state index contributed by atoms with van der Waals surface area (Å²) in [7, 11) is 0. The zero-order valence-corrected chi connectivity index (χ0v) is 11.5. The number of nitrogens with two attached hydrogens (primary N) is 1. The molecule has 0 fully saturated rings. The van der Waals surface area contributed by atoms with Crippen LogP contribution in [0.2, 0.25) is 0 Å². The van der Waals surface area contributed by atoms with E-state index in [1.807, 2.05) is 18.2 Å². The van der Waals surface area contributed by atoms with Crippen molar-refractivity contribution in [2.75, 3.05) is 13.2 Å². The van der Waals surface area contributed by atoms with Crippen LogP contribution in [0.4, 0.5) is 0 Å². The molecule has 1 aliphatic rings. The smallest absolute Gasteiger partial charge is 0.161 e. The van der Waals surface area contributed by atoms with Gasteiger partial charge < -0.3 is 15.2 Å². The largest absolute Gasteiger partial charge is 0.486 e. The van der Waals surface area contributed by atoms with E-state index in [0.717, 1.165) is 29.9 Å². The molecule has 1 heterocycles. The standard InChI is InChI=1S/C15H23NO2/c1-15(2,3)7-6-12(16)11-4-5-13-14(10-11)18-9-8-17-13/h4-5,10,12H,6-9,16H2,1-3H3. The SMILES string of the molecule is CC(C)(C)CCC(N)c1ccc2c(c1)OCCO2. The molecule has 0 spiro atoms. The molecule has 0 radical (unpaired) electrons. The average molecular weight is 249 g/mol. The van der Waals surface area contributed by atoms with Crippen LogP contribution in [0.15, 0.2) is 18.2 Å². The molecule has 1 aromatic rings. The highest BCUT2D eigenvalue weighted by molar-refractivity contribution is 5.44. The maximum Gasteiger partial charge on any atom is 0.161 e. The monoisotopic (exact) mass is 249 g/mol. The fraction of sp³-hybridized carbons (Fsp3) is 0.600. The average Bonchev–Trinajstić information content (AvgIpc) is 2.34. The Morgan fingerprint density at radius 1 is 1.17 bits per heavy atom. The van der Waals surface area contributed by atoms with Crippen molar-refractivity contribution in [3.05, 3.63) is 23.8 Å². The second kappa shape index (κ2) is 5.19. The van der Waals surface area contributed by atoms with Gasteiger partial charge in [0.25, 0.3) is 0 Å². The summed E-state index contributed by atoms with van der Waals surface area (Å²) >= 11 is 0. The number of fused-ring (bicyclic) bond motifs is 1. The van der Waals surface area contributed by atoms with Crippen molar-refractivity contribution in [3.8, 4) is 11.5 Å². The fourth-order valence-electron chi connectivity index (χ4n) is 2.05. The second-order valence-corrected chi connectivity index (χ2v) is 6.11. The molecule has 0 saturated carbocycles. The third-order valence-electron chi connectivity index (χ3n) is 3.20. The molecule has 0 aliphatic carbocycles. The van der Waals surface area contributed by atoms with Gasteiger partial charge >= 0.3 is 0 Å². The van der Waals surface area contributed by atoms with E-state index < -0.39 is 0 Å². The first-order valence-corrected chi connectivity index (χ1v) is 6.61. The van der Waals surface area contributed by atoms with Crippen molar-refractivity contribution in [1.82, 2.24) is 0 Å². The van der Waals surface area contributed by atoms with Crippen molar-refractivity contribution in [3.63, 3.8) is 0 Å². The van der Waals surface area contributed by atoms with Gasteiger partial charge in [-0.05, 0) is 36.0 Å². The Hall–Kier alpha value is -1.22. The zero-order valence-electron chi connectivity index (χ0n) is 11.5. The summed E-state index contributed by atoms with van der Waals surface area (Å²) in [6.07, 6.45) is 2.10. The normalized spacial score (nSPS) is 16.4. The summed E-state index contributed by atoms with van der Waals surface area (Å²) in [5, 5.41) is 0. The lowest BCUT2D eigenvalue weighted by molar-refractivity contribution is 0.171. The zero-order chi connectivity index (χ0) is 13.2. The summed E-state index contributed by atoms with van der Waals surface area (Å²) < 4.78 is 11.1. The van der Waals surface area contributed by atoms with Crippen LogP contribution in [0.1, 0.15) is 45.2 Å². The Morgan fingerprint density at radius 2 is 1.83 bits per heavy atom. The summed E-state index contributed by atoms with van der Waals surface area (Å²) in [6, 6.07) is 6.09. The molecule has 0 bridgehead atoms. The molecule has 18 heavy (non-hydrogen) atoms. The molecule has 0 amide bonds. The van der Waals surface area contributed by atoms with Crippen molar-refractivity contribution in [2.24, 2.45) is 11.1 Å². The van der Waals surface area contributed by atoms with Crippen molar-refractivity contribution < 1.29 is 9.47 Å². The first-order chi connectivity index (χ1) is 8.46. The number of benzene rings is 1. The van der Waals surface area contributed by atoms with Crippen LogP contribution in [0.3, 0.4) is 0 Å². The fourth-order valence-corrected chi connectivity index (χ4v) is 2.05. The molecule has 100 valence electrons. The molecule has 3 heteroatoms. The van der Waals surface area contributed by atoms with Crippen LogP contribution in [-0.2, 0) is 0 Å². The van der Waals surface area contributed by atoms with E-state index in [2.05, 4.69) is 20.8 Å². The van der Waals surface area contributed by atoms with Gasteiger partial charge in [0.05, 0.1) is 0 Å². The molecule has 2 rings (SSSR count). The van der Waals surface area contributed by atoms with E-state index >= 15 is 0 Å². The van der Waals surface area contributed by atoms with Crippen LogP contribution >= 0.6 is 0 Å². The molecule has 1 aliphatic heterocycles. The van der Waals surface area contributed by atoms with E-state index in [9.17, 15) is 0 Å². The highest BCUT2D eigenvalue weighted by Crippen LogP contribution is 2.34. The summed E-state index contributed by atoms with van der Waals surface area (Å²) in [6.45, 7) is 7.96. The minimum Gasteiger partial charge on any atom is -0.486 e. The maximum atomic E-state index is 6.24. The Kier molecular flexibility index (Phi) is 3.81. The Balaban J connectivity index is 2.04.